The second-order valence-electron chi connectivity index (χ2n) is 5.59. The monoisotopic (exact) mass is 192 g/mol. The second kappa shape index (κ2) is 3.29. The SMILES string of the molecule is C=COCC1C2CC3CC(C2)CC1C3. The number of ether oxygens (including phenoxy) is 1. The summed E-state index contributed by atoms with van der Waals surface area (Å²) < 4.78 is 5.42. The summed E-state index contributed by atoms with van der Waals surface area (Å²) in [7, 11) is 0. The van der Waals surface area contributed by atoms with Gasteiger partial charge in [0.1, 0.15) is 0 Å². The molecule has 0 amide bonds. The van der Waals surface area contributed by atoms with Gasteiger partial charge < -0.3 is 4.74 Å². The van der Waals surface area contributed by atoms with Crippen LogP contribution in [0.3, 0.4) is 0 Å². The predicted octanol–water partition coefficient (Wildman–Crippen LogP) is 3.22. The van der Waals surface area contributed by atoms with E-state index in [0.717, 1.165) is 36.2 Å². The number of rotatable bonds is 3. The van der Waals surface area contributed by atoms with E-state index >= 15 is 0 Å². The maximum atomic E-state index is 5.42. The Kier molecular flexibility index (Phi) is 2.07. The zero-order valence-corrected chi connectivity index (χ0v) is 8.82. The largest absolute Gasteiger partial charge is 0.502 e. The van der Waals surface area contributed by atoms with Gasteiger partial charge in [-0.2, -0.15) is 0 Å². The number of hydrogen-bond acceptors (Lipinski definition) is 1. The first-order chi connectivity index (χ1) is 6.86. The van der Waals surface area contributed by atoms with Crippen molar-refractivity contribution < 1.29 is 4.74 Å². The summed E-state index contributed by atoms with van der Waals surface area (Å²) in [5.74, 6) is 5.01. The van der Waals surface area contributed by atoms with Gasteiger partial charge in [0.2, 0.25) is 0 Å². The first-order valence-electron chi connectivity index (χ1n) is 6.09. The molecule has 4 saturated carbocycles. The van der Waals surface area contributed by atoms with E-state index in [0.29, 0.717) is 0 Å². The predicted molar refractivity (Wildman–Crippen MR) is 56.7 cm³/mol. The van der Waals surface area contributed by atoms with Crippen molar-refractivity contribution in [3.8, 4) is 0 Å². The van der Waals surface area contributed by atoms with E-state index < -0.39 is 0 Å². The van der Waals surface area contributed by atoms with E-state index in [2.05, 4.69) is 6.58 Å². The minimum absolute atomic E-state index is 0.862. The first kappa shape index (κ1) is 8.82. The van der Waals surface area contributed by atoms with Crippen LogP contribution in [0.25, 0.3) is 0 Å². The summed E-state index contributed by atoms with van der Waals surface area (Å²) in [6, 6.07) is 0. The summed E-state index contributed by atoms with van der Waals surface area (Å²) in [5, 5.41) is 0. The van der Waals surface area contributed by atoms with E-state index in [1.165, 1.54) is 25.7 Å². The molecule has 4 aliphatic rings. The molecule has 0 unspecified atom stereocenters. The van der Waals surface area contributed by atoms with Crippen LogP contribution < -0.4 is 0 Å². The van der Waals surface area contributed by atoms with Gasteiger partial charge in [-0.3, -0.25) is 0 Å². The lowest BCUT2D eigenvalue weighted by molar-refractivity contribution is -0.0590. The van der Waals surface area contributed by atoms with Gasteiger partial charge in [-0.1, -0.05) is 6.58 Å². The van der Waals surface area contributed by atoms with Gasteiger partial charge in [0.25, 0.3) is 0 Å². The van der Waals surface area contributed by atoms with Crippen molar-refractivity contribution in [3.05, 3.63) is 12.8 Å². The summed E-state index contributed by atoms with van der Waals surface area (Å²) in [6.45, 7) is 4.58. The third-order valence-corrected chi connectivity index (χ3v) is 4.83. The van der Waals surface area contributed by atoms with Crippen molar-refractivity contribution in [2.24, 2.45) is 29.6 Å². The molecule has 0 aromatic heterocycles. The Bertz CT molecular complexity index is 205. The molecule has 4 fully saturated rings. The van der Waals surface area contributed by atoms with Crippen LogP contribution in [0.1, 0.15) is 32.1 Å². The molecular formula is C13H20O. The molecule has 4 bridgehead atoms. The fourth-order valence-electron chi connectivity index (χ4n) is 4.49. The lowest BCUT2D eigenvalue weighted by Gasteiger charge is -2.54. The summed E-state index contributed by atoms with van der Waals surface area (Å²) >= 11 is 0. The Hall–Kier alpha value is -0.460. The van der Waals surface area contributed by atoms with Gasteiger partial charge in [-0.15, -0.1) is 0 Å². The lowest BCUT2D eigenvalue weighted by atomic mass is 9.52. The van der Waals surface area contributed by atoms with Crippen LogP contribution in [0, 0.1) is 29.6 Å². The minimum Gasteiger partial charge on any atom is -0.502 e. The molecule has 4 rings (SSSR count). The van der Waals surface area contributed by atoms with Gasteiger partial charge in [0, 0.05) is 0 Å². The van der Waals surface area contributed by atoms with Gasteiger partial charge in [-0.05, 0) is 61.7 Å². The zero-order valence-electron chi connectivity index (χ0n) is 8.82. The van der Waals surface area contributed by atoms with Crippen LogP contribution in [0.15, 0.2) is 12.8 Å². The van der Waals surface area contributed by atoms with Crippen LogP contribution in [0.2, 0.25) is 0 Å². The maximum Gasteiger partial charge on any atom is 0.0906 e. The third-order valence-electron chi connectivity index (χ3n) is 4.83. The van der Waals surface area contributed by atoms with Crippen molar-refractivity contribution in [1.82, 2.24) is 0 Å². The van der Waals surface area contributed by atoms with Crippen molar-refractivity contribution in [1.29, 1.82) is 0 Å². The normalized spacial score (nSPS) is 49.3. The standard InChI is InChI=1S/C13H20O/c1-2-14-8-13-11-4-9-3-10(6-11)7-12(13)5-9/h2,9-13H,1,3-8H2. The van der Waals surface area contributed by atoms with Crippen molar-refractivity contribution in [2.75, 3.05) is 6.61 Å². The highest BCUT2D eigenvalue weighted by atomic mass is 16.5. The quantitative estimate of drug-likeness (QED) is 0.624. The number of hydrogen-bond donors (Lipinski definition) is 0. The Morgan fingerprint density at radius 3 is 2.07 bits per heavy atom. The van der Waals surface area contributed by atoms with Gasteiger partial charge in [-0.25, -0.2) is 0 Å². The molecule has 1 nitrogen and oxygen atoms in total. The molecule has 0 aromatic rings. The molecule has 14 heavy (non-hydrogen) atoms. The van der Waals surface area contributed by atoms with Crippen molar-refractivity contribution in [2.45, 2.75) is 32.1 Å². The summed E-state index contributed by atoms with van der Waals surface area (Å²) in [4.78, 5) is 0. The highest BCUT2D eigenvalue weighted by molar-refractivity contribution is 4.98. The Morgan fingerprint density at radius 2 is 1.57 bits per heavy atom. The molecule has 0 radical (unpaired) electrons. The van der Waals surface area contributed by atoms with Crippen molar-refractivity contribution in [3.63, 3.8) is 0 Å². The van der Waals surface area contributed by atoms with E-state index in [9.17, 15) is 0 Å². The lowest BCUT2D eigenvalue weighted by Crippen LogP contribution is -2.46. The second-order valence-corrected chi connectivity index (χ2v) is 5.59. The van der Waals surface area contributed by atoms with Crippen LogP contribution in [0.5, 0.6) is 0 Å². The van der Waals surface area contributed by atoms with E-state index in [1.54, 1.807) is 12.7 Å². The van der Waals surface area contributed by atoms with Crippen molar-refractivity contribution >= 4 is 0 Å². The topological polar surface area (TPSA) is 9.23 Å². The molecular weight excluding hydrogens is 172 g/mol. The zero-order chi connectivity index (χ0) is 9.54. The van der Waals surface area contributed by atoms with Gasteiger partial charge in [0.05, 0.1) is 12.9 Å². The van der Waals surface area contributed by atoms with Crippen LogP contribution >= 0.6 is 0 Å². The van der Waals surface area contributed by atoms with Gasteiger partial charge in [0.15, 0.2) is 0 Å². The van der Waals surface area contributed by atoms with E-state index in [-0.39, 0.29) is 0 Å². The highest BCUT2D eigenvalue weighted by Gasteiger charge is 2.48. The molecule has 4 aliphatic carbocycles. The fourth-order valence-corrected chi connectivity index (χ4v) is 4.49. The molecule has 78 valence electrons. The van der Waals surface area contributed by atoms with E-state index in [1.807, 2.05) is 0 Å². The highest BCUT2D eigenvalue weighted by Crippen LogP contribution is 2.56. The molecule has 0 aromatic carbocycles. The summed E-state index contributed by atoms with van der Waals surface area (Å²) in [5.41, 5.74) is 0. The smallest absolute Gasteiger partial charge is 0.0906 e. The molecule has 1 heteroatoms. The van der Waals surface area contributed by atoms with E-state index in [4.69, 9.17) is 4.74 Å². The first-order valence-corrected chi connectivity index (χ1v) is 6.09. The Morgan fingerprint density at radius 1 is 1.00 bits per heavy atom. The molecule has 0 spiro atoms. The van der Waals surface area contributed by atoms with Gasteiger partial charge >= 0.3 is 0 Å². The average Bonchev–Trinajstić information content (AvgIpc) is 2.15. The van der Waals surface area contributed by atoms with Crippen LogP contribution in [-0.4, -0.2) is 6.61 Å². The third kappa shape index (κ3) is 1.29. The fraction of sp³-hybridized carbons (Fsp3) is 0.846. The maximum absolute atomic E-state index is 5.42. The van der Waals surface area contributed by atoms with Crippen LogP contribution in [0.4, 0.5) is 0 Å². The molecule has 0 N–H and O–H groups in total. The molecule has 0 aliphatic heterocycles. The Balaban J connectivity index is 1.71. The average molecular weight is 192 g/mol. The molecule has 0 saturated heterocycles. The molecule has 0 heterocycles. The molecule has 0 atom stereocenters. The Labute approximate surface area is 86.5 Å². The van der Waals surface area contributed by atoms with Crippen LogP contribution in [-0.2, 0) is 4.74 Å². The minimum atomic E-state index is 0.862. The summed E-state index contributed by atoms with van der Waals surface area (Å²) in [6.07, 6.45) is 9.15.